The van der Waals surface area contributed by atoms with Gasteiger partial charge in [-0.2, -0.15) is 0 Å². The highest BCUT2D eigenvalue weighted by atomic mass is 16.5. The number of carbonyl (C=O) groups excluding carboxylic acids is 1. The van der Waals surface area contributed by atoms with Crippen molar-refractivity contribution >= 4 is 5.91 Å². The molecule has 1 saturated carbocycles. The monoisotopic (exact) mass is 247 g/mol. The van der Waals surface area contributed by atoms with Crippen LogP contribution in [-0.2, 0) is 11.3 Å². The molecule has 1 aromatic rings. The molecule has 3 atom stereocenters. The normalized spacial score (nSPS) is 30.0. The van der Waals surface area contributed by atoms with E-state index in [-0.39, 0.29) is 24.0 Å². The second-order valence-electron chi connectivity index (χ2n) is 5.12. The number of likely N-dealkylation sites (tertiary alicyclic amines) is 1. The van der Waals surface area contributed by atoms with Gasteiger partial charge in [-0.1, -0.05) is 12.1 Å². The van der Waals surface area contributed by atoms with E-state index in [0.29, 0.717) is 13.0 Å². The molecule has 1 N–H and O–H groups in total. The Labute approximate surface area is 106 Å². The van der Waals surface area contributed by atoms with Crippen molar-refractivity contribution in [1.29, 1.82) is 0 Å². The smallest absolute Gasteiger partial charge is 0.226 e. The van der Waals surface area contributed by atoms with Crippen molar-refractivity contribution in [2.75, 3.05) is 7.11 Å². The van der Waals surface area contributed by atoms with Gasteiger partial charge in [0.2, 0.25) is 5.91 Å². The lowest BCUT2D eigenvalue weighted by molar-refractivity contribution is -0.138. The van der Waals surface area contributed by atoms with Gasteiger partial charge in [-0.3, -0.25) is 4.79 Å². The van der Waals surface area contributed by atoms with Crippen molar-refractivity contribution in [2.24, 2.45) is 5.92 Å². The van der Waals surface area contributed by atoms with Crippen LogP contribution in [0.25, 0.3) is 0 Å². The summed E-state index contributed by atoms with van der Waals surface area (Å²) in [5.41, 5.74) is 1.07. The molecular formula is C14H17NO3. The number of nitrogens with zero attached hydrogens (tertiary/aromatic N) is 1. The van der Waals surface area contributed by atoms with Crippen molar-refractivity contribution < 1.29 is 14.6 Å². The Morgan fingerprint density at radius 2 is 2.06 bits per heavy atom. The quantitative estimate of drug-likeness (QED) is 0.872. The van der Waals surface area contributed by atoms with Crippen LogP contribution in [0.5, 0.6) is 5.75 Å². The molecule has 1 saturated heterocycles. The lowest BCUT2D eigenvalue weighted by Gasteiger charge is -2.30. The number of carbonyl (C=O) groups is 1. The zero-order valence-electron chi connectivity index (χ0n) is 10.4. The topological polar surface area (TPSA) is 49.8 Å². The lowest BCUT2D eigenvalue weighted by atomic mass is 10.1. The summed E-state index contributed by atoms with van der Waals surface area (Å²) in [6, 6.07) is 7.73. The molecule has 3 rings (SSSR count). The molecule has 1 aliphatic heterocycles. The van der Waals surface area contributed by atoms with Crippen LogP contribution in [0.2, 0.25) is 0 Å². The number of hydrogen-bond acceptors (Lipinski definition) is 3. The van der Waals surface area contributed by atoms with E-state index in [0.717, 1.165) is 17.7 Å². The van der Waals surface area contributed by atoms with Gasteiger partial charge in [-0.15, -0.1) is 0 Å². The minimum absolute atomic E-state index is 0.0181. The van der Waals surface area contributed by atoms with Gasteiger partial charge in [0.25, 0.3) is 0 Å². The third-order valence-electron chi connectivity index (χ3n) is 4.04. The first-order chi connectivity index (χ1) is 8.69. The van der Waals surface area contributed by atoms with Crippen LogP contribution in [0.4, 0.5) is 0 Å². The first kappa shape index (κ1) is 11.5. The van der Waals surface area contributed by atoms with Crippen molar-refractivity contribution in [3.63, 3.8) is 0 Å². The van der Waals surface area contributed by atoms with E-state index >= 15 is 0 Å². The van der Waals surface area contributed by atoms with E-state index in [1.807, 2.05) is 29.2 Å². The molecule has 0 aromatic heterocycles. The molecule has 4 heteroatoms. The van der Waals surface area contributed by atoms with Gasteiger partial charge in [0.05, 0.1) is 19.3 Å². The molecule has 96 valence electrons. The molecule has 1 aromatic carbocycles. The molecule has 1 aliphatic carbocycles. The average molecular weight is 247 g/mol. The van der Waals surface area contributed by atoms with Gasteiger partial charge >= 0.3 is 0 Å². The number of fused-ring (bicyclic) bond motifs is 2. The fourth-order valence-electron chi connectivity index (χ4n) is 3.05. The van der Waals surface area contributed by atoms with Crippen LogP contribution < -0.4 is 4.74 Å². The second kappa shape index (κ2) is 4.28. The zero-order valence-corrected chi connectivity index (χ0v) is 10.4. The number of amides is 1. The Kier molecular flexibility index (Phi) is 2.74. The molecule has 1 heterocycles. The first-order valence-corrected chi connectivity index (χ1v) is 6.30. The number of rotatable bonds is 3. The Balaban J connectivity index is 1.74. The Morgan fingerprint density at radius 1 is 1.33 bits per heavy atom. The maximum absolute atomic E-state index is 12.0. The van der Waals surface area contributed by atoms with Gasteiger partial charge in [0.1, 0.15) is 5.75 Å². The third kappa shape index (κ3) is 1.77. The average Bonchev–Trinajstić information content (AvgIpc) is 2.89. The predicted octanol–water partition coefficient (Wildman–Crippen LogP) is 1.18. The van der Waals surface area contributed by atoms with E-state index in [4.69, 9.17) is 4.74 Å². The van der Waals surface area contributed by atoms with Crippen molar-refractivity contribution in [3.05, 3.63) is 29.8 Å². The highest BCUT2D eigenvalue weighted by Gasteiger charge is 2.49. The van der Waals surface area contributed by atoms with Crippen LogP contribution in [0.15, 0.2) is 24.3 Å². The Bertz CT molecular complexity index is 457. The summed E-state index contributed by atoms with van der Waals surface area (Å²) in [4.78, 5) is 13.9. The lowest BCUT2D eigenvalue weighted by Crippen LogP contribution is -2.43. The highest BCUT2D eigenvalue weighted by Crippen LogP contribution is 2.39. The first-order valence-electron chi connectivity index (χ1n) is 6.30. The van der Waals surface area contributed by atoms with Crippen LogP contribution in [0.3, 0.4) is 0 Å². The van der Waals surface area contributed by atoms with Crippen LogP contribution in [-0.4, -0.2) is 35.2 Å². The Hall–Kier alpha value is -1.55. The van der Waals surface area contributed by atoms with Gasteiger partial charge in [0, 0.05) is 12.5 Å². The van der Waals surface area contributed by atoms with E-state index in [1.165, 1.54) is 0 Å². The van der Waals surface area contributed by atoms with E-state index in [9.17, 15) is 9.90 Å². The maximum Gasteiger partial charge on any atom is 0.226 e. The summed E-state index contributed by atoms with van der Waals surface area (Å²) in [6.07, 6.45) is 1.12. The maximum atomic E-state index is 12.0. The number of aliphatic hydroxyl groups excluding tert-OH is 1. The summed E-state index contributed by atoms with van der Waals surface area (Å²) in [5.74, 6) is 1.05. The fourth-order valence-corrected chi connectivity index (χ4v) is 3.05. The van der Waals surface area contributed by atoms with Gasteiger partial charge in [0.15, 0.2) is 0 Å². The SMILES string of the molecule is COc1ccc(CN2C(=O)[C@H]3C[C@@H]2[C@@H](O)C3)cc1. The summed E-state index contributed by atoms with van der Waals surface area (Å²) in [6.45, 7) is 0.584. The molecule has 4 nitrogen and oxygen atoms in total. The molecule has 0 radical (unpaired) electrons. The van der Waals surface area contributed by atoms with E-state index in [1.54, 1.807) is 7.11 Å². The minimum atomic E-state index is -0.342. The zero-order chi connectivity index (χ0) is 12.7. The van der Waals surface area contributed by atoms with Crippen molar-refractivity contribution in [3.8, 4) is 5.75 Å². The molecule has 2 aliphatic rings. The minimum Gasteiger partial charge on any atom is -0.497 e. The molecule has 2 bridgehead atoms. The largest absolute Gasteiger partial charge is 0.497 e. The van der Waals surface area contributed by atoms with Crippen molar-refractivity contribution in [1.82, 2.24) is 4.90 Å². The number of benzene rings is 1. The standard InChI is InChI=1S/C14H17NO3/c1-18-11-4-2-9(3-5-11)8-15-12-6-10(14(15)17)7-13(12)16/h2-5,10,12-13,16H,6-8H2,1H3/t10-,12+,13-/m0/s1. The number of piperidine rings is 1. The van der Waals surface area contributed by atoms with Crippen molar-refractivity contribution in [2.45, 2.75) is 31.5 Å². The van der Waals surface area contributed by atoms with E-state index in [2.05, 4.69) is 0 Å². The van der Waals surface area contributed by atoms with E-state index < -0.39 is 0 Å². The molecule has 0 unspecified atom stereocenters. The number of ether oxygens (including phenoxy) is 1. The predicted molar refractivity (Wildman–Crippen MR) is 66.1 cm³/mol. The molecule has 0 spiro atoms. The molecule has 2 fully saturated rings. The third-order valence-corrected chi connectivity index (χ3v) is 4.04. The van der Waals surface area contributed by atoms with Gasteiger partial charge in [-0.25, -0.2) is 0 Å². The molecular weight excluding hydrogens is 230 g/mol. The molecule has 1 amide bonds. The summed E-state index contributed by atoms with van der Waals surface area (Å²) in [5, 5.41) is 9.85. The number of methoxy groups -OCH3 is 1. The van der Waals surface area contributed by atoms with Crippen LogP contribution >= 0.6 is 0 Å². The van der Waals surface area contributed by atoms with Gasteiger partial charge < -0.3 is 14.7 Å². The summed E-state index contributed by atoms with van der Waals surface area (Å²) in [7, 11) is 1.63. The Morgan fingerprint density at radius 3 is 2.67 bits per heavy atom. The summed E-state index contributed by atoms with van der Waals surface area (Å²) >= 11 is 0. The molecule has 18 heavy (non-hydrogen) atoms. The number of aliphatic hydroxyl groups is 1. The fraction of sp³-hybridized carbons (Fsp3) is 0.500. The van der Waals surface area contributed by atoms with Crippen LogP contribution in [0.1, 0.15) is 18.4 Å². The second-order valence-corrected chi connectivity index (χ2v) is 5.12. The number of hydrogen-bond donors (Lipinski definition) is 1. The van der Waals surface area contributed by atoms with Crippen LogP contribution in [0, 0.1) is 5.92 Å². The highest BCUT2D eigenvalue weighted by molar-refractivity contribution is 5.82. The summed E-state index contributed by atoms with van der Waals surface area (Å²) < 4.78 is 5.11. The van der Waals surface area contributed by atoms with Gasteiger partial charge in [-0.05, 0) is 30.5 Å².